The summed E-state index contributed by atoms with van der Waals surface area (Å²) in [6, 6.07) is 10.6. The van der Waals surface area contributed by atoms with Crippen molar-refractivity contribution < 1.29 is 14.3 Å². The normalized spacial score (nSPS) is 16.4. The molecule has 2 aliphatic rings. The predicted octanol–water partition coefficient (Wildman–Crippen LogP) is 2.45. The maximum atomic E-state index is 12.4. The molecule has 8 heteroatoms. The van der Waals surface area contributed by atoms with Crippen molar-refractivity contribution in [1.29, 1.82) is 0 Å². The van der Waals surface area contributed by atoms with E-state index in [2.05, 4.69) is 25.8 Å². The fourth-order valence-electron chi connectivity index (χ4n) is 2.93. The molecule has 1 saturated carbocycles. The van der Waals surface area contributed by atoms with E-state index >= 15 is 0 Å². The van der Waals surface area contributed by atoms with Gasteiger partial charge in [-0.1, -0.05) is 0 Å². The molecule has 0 radical (unpaired) electrons. The summed E-state index contributed by atoms with van der Waals surface area (Å²) in [6.45, 7) is 3.04. The number of rotatable bonds is 5. The largest absolute Gasteiger partial charge is 0.378 e. The monoisotopic (exact) mass is 381 g/mol. The molecular formula is C20H23N5O3. The first-order valence-electron chi connectivity index (χ1n) is 9.45. The highest BCUT2D eigenvalue weighted by Gasteiger charge is 2.23. The molecule has 146 valence electrons. The van der Waals surface area contributed by atoms with Crippen LogP contribution in [0.1, 0.15) is 23.2 Å². The minimum absolute atomic E-state index is 0.217. The van der Waals surface area contributed by atoms with E-state index in [9.17, 15) is 9.59 Å². The van der Waals surface area contributed by atoms with Gasteiger partial charge in [0.05, 0.1) is 25.1 Å². The van der Waals surface area contributed by atoms with E-state index < -0.39 is 0 Å². The van der Waals surface area contributed by atoms with E-state index in [0.29, 0.717) is 36.2 Å². The van der Waals surface area contributed by atoms with Crippen molar-refractivity contribution >= 4 is 29.1 Å². The Kier molecular flexibility index (Phi) is 5.38. The predicted molar refractivity (Wildman–Crippen MR) is 107 cm³/mol. The number of morpholine rings is 1. The highest BCUT2D eigenvalue weighted by atomic mass is 16.5. The highest BCUT2D eigenvalue weighted by molar-refractivity contribution is 6.04. The number of aromatic nitrogens is 1. The molecule has 1 aliphatic heterocycles. The molecule has 0 spiro atoms. The van der Waals surface area contributed by atoms with Crippen LogP contribution in [-0.4, -0.2) is 49.3 Å². The van der Waals surface area contributed by atoms with E-state index in [-0.39, 0.29) is 11.9 Å². The van der Waals surface area contributed by atoms with Crippen LogP contribution in [0.5, 0.6) is 0 Å². The molecule has 1 saturated heterocycles. The Labute approximate surface area is 163 Å². The van der Waals surface area contributed by atoms with Gasteiger partial charge in [0, 0.05) is 30.4 Å². The molecule has 28 heavy (non-hydrogen) atoms. The SMILES string of the molecule is O=C(Nc1ccc(C(=O)Nc2ccc(N3CCOCC3)nc2)cc1)NC1CC1. The zero-order valence-corrected chi connectivity index (χ0v) is 15.5. The summed E-state index contributed by atoms with van der Waals surface area (Å²) in [5.74, 6) is 0.649. The average molecular weight is 381 g/mol. The summed E-state index contributed by atoms with van der Waals surface area (Å²) in [4.78, 5) is 30.7. The number of carbonyl (C=O) groups is 2. The minimum atomic E-state index is -0.227. The zero-order chi connectivity index (χ0) is 19.3. The Morgan fingerprint density at radius 2 is 1.68 bits per heavy atom. The van der Waals surface area contributed by atoms with Crippen LogP contribution in [0.3, 0.4) is 0 Å². The van der Waals surface area contributed by atoms with E-state index in [0.717, 1.165) is 31.7 Å². The maximum absolute atomic E-state index is 12.4. The van der Waals surface area contributed by atoms with E-state index in [1.807, 2.05) is 12.1 Å². The highest BCUT2D eigenvalue weighted by Crippen LogP contribution is 2.19. The number of amides is 3. The number of hydrogen-bond acceptors (Lipinski definition) is 5. The van der Waals surface area contributed by atoms with Gasteiger partial charge in [0.25, 0.3) is 5.91 Å². The standard InChI is InChI=1S/C20H23N5O3/c26-19(14-1-3-15(4-2-14)23-20(27)24-16-5-6-16)22-17-7-8-18(21-13-17)25-9-11-28-12-10-25/h1-4,7-8,13,16H,5-6,9-12H2,(H,22,26)(H2,23,24,27). The van der Waals surface area contributed by atoms with Crippen LogP contribution in [0.15, 0.2) is 42.6 Å². The summed E-state index contributed by atoms with van der Waals surface area (Å²) in [7, 11) is 0. The lowest BCUT2D eigenvalue weighted by molar-refractivity contribution is 0.102. The lowest BCUT2D eigenvalue weighted by atomic mass is 10.2. The van der Waals surface area contributed by atoms with E-state index in [1.165, 1.54) is 0 Å². The first-order valence-corrected chi connectivity index (χ1v) is 9.45. The number of nitrogens with zero attached hydrogens (tertiary/aromatic N) is 2. The zero-order valence-electron chi connectivity index (χ0n) is 15.5. The molecule has 1 aliphatic carbocycles. The Morgan fingerprint density at radius 3 is 2.32 bits per heavy atom. The molecule has 0 unspecified atom stereocenters. The molecule has 4 rings (SSSR count). The van der Waals surface area contributed by atoms with Crippen LogP contribution in [0.4, 0.5) is 22.0 Å². The summed E-state index contributed by atoms with van der Waals surface area (Å²) in [6.07, 6.45) is 3.73. The number of benzene rings is 1. The van der Waals surface area contributed by atoms with Gasteiger partial charge in [-0.05, 0) is 49.2 Å². The summed E-state index contributed by atoms with van der Waals surface area (Å²) < 4.78 is 5.34. The van der Waals surface area contributed by atoms with Crippen molar-refractivity contribution in [3.05, 3.63) is 48.2 Å². The van der Waals surface area contributed by atoms with Gasteiger partial charge in [0.15, 0.2) is 0 Å². The first-order chi connectivity index (χ1) is 13.7. The number of nitrogens with one attached hydrogen (secondary N) is 3. The molecule has 3 amide bonds. The molecule has 1 aromatic heterocycles. The smallest absolute Gasteiger partial charge is 0.319 e. The van der Waals surface area contributed by atoms with Gasteiger partial charge in [-0.25, -0.2) is 9.78 Å². The number of urea groups is 1. The molecule has 2 aromatic rings. The molecule has 0 atom stereocenters. The summed E-state index contributed by atoms with van der Waals surface area (Å²) in [5, 5.41) is 8.45. The maximum Gasteiger partial charge on any atom is 0.319 e. The lowest BCUT2D eigenvalue weighted by Crippen LogP contribution is -2.36. The lowest BCUT2D eigenvalue weighted by Gasteiger charge is -2.27. The Bertz CT molecular complexity index is 828. The number of ether oxygens (including phenoxy) is 1. The number of hydrogen-bond donors (Lipinski definition) is 3. The fraction of sp³-hybridized carbons (Fsp3) is 0.350. The van der Waals surface area contributed by atoms with E-state index in [4.69, 9.17) is 4.74 Å². The van der Waals surface area contributed by atoms with Crippen molar-refractivity contribution in [2.75, 3.05) is 41.8 Å². The van der Waals surface area contributed by atoms with Crippen molar-refractivity contribution in [3.63, 3.8) is 0 Å². The van der Waals surface area contributed by atoms with Gasteiger partial charge in [-0.3, -0.25) is 4.79 Å². The fourth-order valence-corrected chi connectivity index (χ4v) is 2.93. The number of pyridine rings is 1. The van der Waals surface area contributed by atoms with Crippen molar-refractivity contribution in [3.8, 4) is 0 Å². The van der Waals surface area contributed by atoms with Gasteiger partial charge in [0.1, 0.15) is 5.82 Å². The van der Waals surface area contributed by atoms with Gasteiger partial charge in [-0.15, -0.1) is 0 Å². The average Bonchev–Trinajstić information content (AvgIpc) is 3.53. The van der Waals surface area contributed by atoms with Crippen LogP contribution >= 0.6 is 0 Å². The van der Waals surface area contributed by atoms with Crippen LogP contribution < -0.4 is 20.9 Å². The molecular weight excluding hydrogens is 358 g/mol. The third-order valence-corrected chi connectivity index (χ3v) is 4.66. The second-order valence-corrected chi connectivity index (χ2v) is 6.91. The van der Waals surface area contributed by atoms with Crippen LogP contribution in [0.25, 0.3) is 0 Å². The van der Waals surface area contributed by atoms with Crippen LogP contribution in [-0.2, 0) is 4.74 Å². The Hall–Kier alpha value is -3.13. The van der Waals surface area contributed by atoms with Crippen molar-refractivity contribution in [1.82, 2.24) is 10.3 Å². The molecule has 0 bridgehead atoms. The van der Waals surface area contributed by atoms with Crippen molar-refractivity contribution in [2.24, 2.45) is 0 Å². The van der Waals surface area contributed by atoms with Gasteiger partial charge in [-0.2, -0.15) is 0 Å². The Morgan fingerprint density at radius 1 is 0.964 bits per heavy atom. The van der Waals surface area contributed by atoms with Gasteiger partial charge < -0.3 is 25.6 Å². The van der Waals surface area contributed by atoms with Crippen molar-refractivity contribution in [2.45, 2.75) is 18.9 Å². The third kappa shape index (κ3) is 4.77. The quantitative estimate of drug-likeness (QED) is 0.739. The summed E-state index contributed by atoms with van der Waals surface area (Å²) in [5.41, 5.74) is 1.78. The topological polar surface area (TPSA) is 95.6 Å². The molecule has 3 N–H and O–H groups in total. The second-order valence-electron chi connectivity index (χ2n) is 6.91. The van der Waals surface area contributed by atoms with Crippen LogP contribution in [0, 0.1) is 0 Å². The minimum Gasteiger partial charge on any atom is -0.378 e. The molecule has 8 nitrogen and oxygen atoms in total. The molecule has 2 fully saturated rings. The summed E-state index contributed by atoms with van der Waals surface area (Å²) >= 11 is 0. The molecule has 1 aromatic carbocycles. The van der Waals surface area contributed by atoms with E-state index in [1.54, 1.807) is 30.5 Å². The third-order valence-electron chi connectivity index (χ3n) is 4.66. The van der Waals surface area contributed by atoms with Gasteiger partial charge >= 0.3 is 6.03 Å². The number of carbonyl (C=O) groups excluding carboxylic acids is 2. The van der Waals surface area contributed by atoms with Gasteiger partial charge in [0.2, 0.25) is 0 Å². The Balaban J connectivity index is 1.31. The number of anilines is 3. The van der Waals surface area contributed by atoms with Crippen LogP contribution in [0.2, 0.25) is 0 Å². The second kappa shape index (κ2) is 8.26. The molecule has 2 heterocycles. The first kappa shape index (κ1) is 18.2.